The number of anilines is 2. The van der Waals surface area contributed by atoms with E-state index >= 15 is 0 Å². The van der Waals surface area contributed by atoms with E-state index in [0.717, 1.165) is 30.5 Å². The average molecular weight is 403 g/mol. The van der Waals surface area contributed by atoms with E-state index in [2.05, 4.69) is 24.8 Å². The van der Waals surface area contributed by atoms with Gasteiger partial charge in [-0.1, -0.05) is 0 Å². The second kappa shape index (κ2) is 8.00. The summed E-state index contributed by atoms with van der Waals surface area (Å²) in [6.07, 6.45) is 6.65. The molecule has 2 saturated heterocycles. The molecule has 0 bridgehead atoms. The predicted molar refractivity (Wildman–Crippen MR) is 108 cm³/mol. The molecule has 0 radical (unpaired) electrons. The zero-order chi connectivity index (χ0) is 19.6. The Kier molecular flexibility index (Phi) is 5.45. The number of nitrogens with zero attached hydrogens (tertiary/aromatic N) is 6. The molecule has 8 nitrogen and oxygen atoms in total. The lowest BCUT2D eigenvalue weighted by atomic mass is 10.1. The minimum Gasteiger partial charge on any atom is -0.356 e. The minimum atomic E-state index is -3.50. The van der Waals surface area contributed by atoms with Crippen molar-refractivity contribution in [3.63, 3.8) is 0 Å². The molecular weight excluding hydrogens is 376 g/mol. The summed E-state index contributed by atoms with van der Waals surface area (Å²) in [6, 6.07) is 5.28. The second-order valence-corrected chi connectivity index (χ2v) is 9.20. The van der Waals surface area contributed by atoms with Crippen molar-refractivity contribution in [1.82, 2.24) is 19.3 Å². The Labute approximate surface area is 166 Å². The largest absolute Gasteiger partial charge is 0.356 e. The molecule has 28 heavy (non-hydrogen) atoms. The number of piperidine rings is 1. The summed E-state index contributed by atoms with van der Waals surface area (Å²) in [6.45, 7) is 6.06. The van der Waals surface area contributed by atoms with Gasteiger partial charge in [-0.25, -0.2) is 18.4 Å². The fourth-order valence-electron chi connectivity index (χ4n) is 3.79. The SMILES string of the molecule is Cc1nc(N2CCCCC2)cc(N2CCN(S(=O)(=O)c3cccnc3)CC2)n1. The number of sulfonamides is 1. The van der Waals surface area contributed by atoms with E-state index in [0.29, 0.717) is 26.2 Å². The summed E-state index contributed by atoms with van der Waals surface area (Å²) < 4.78 is 27.1. The van der Waals surface area contributed by atoms with E-state index in [1.807, 2.05) is 13.0 Å². The molecule has 0 aliphatic carbocycles. The summed E-state index contributed by atoms with van der Waals surface area (Å²) >= 11 is 0. The van der Waals surface area contributed by atoms with Crippen LogP contribution in [0.15, 0.2) is 35.5 Å². The number of hydrogen-bond donors (Lipinski definition) is 0. The Morgan fingerprint density at radius 1 is 0.893 bits per heavy atom. The predicted octanol–water partition coefficient (Wildman–Crippen LogP) is 1.68. The molecule has 150 valence electrons. The van der Waals surface area contributed by atoms with Gasteiger partial charge in [0.15, 0.2) is 0 Å². The van der Waals surface area contributed by atoms with Crippen LogP contribution in [0.4, 0.5) is 11.6 Å². The van der Waals surface area contributed by atoms with Gasteiger partial charge in [0, 0.05) is 57.7 Å². The van der Waals surface area contributed by atoms with Crippen molar-refractivity contribution in [1.29, 1.82) is 0 Å². The van der Waals surface area contributed by atoms with Crippen LogP contribution >= 0.6 is 0 Å². The maximum Gasteiger partial charge on any atom is 0.244 e. The molecule has 0 amide bonds. The van der Waals surface area contributed by atoms with E-state index in [1.165, 1.54) is 29.8 Å². The highest BCUT2D eigenvalue weighted by atomic mass is 32.2. The van der Waals surface area contributed by atoms with Gasteiger partial charge in [0.25, 0.3) is 0 Å². The van der Waals surface area contributed by atoms with Crippen molar-refractivity contribution in [3.8, 4) is 0 Å². The Hall–Kier alpha value is -2.26. The van der Waals surface area contributed by atoms with Crippen LogP contribution in [0.25, 0.3) is 0 Å². The summed E-state index contributed by atoms with van der Waals surface area (Å²) in [5.74, 6) is 2.61. The van der Waals surface area contributed by atoms with Gasteiger partial charge >= 0.3 is 0 Å². The van der Waals surface area contributed by atoms with E-state index in [-0.39, 0.29) is 4.90 Å². The molecule has 2 aliphatic rings. The van der Waals surface area contributed by atoms with Crippen LogP contribution in [-0.4, -0.2) is 66.9 Å². The number of aryl methyl sites for hydroxylation is 1. The summed E-state index contributed by atoms with van der Waals surface area (Å²) in [5, 5.41) is 0. The molecule has 0 aromatic carbocycles. The van der Waals surface area contributed by atoms with Crippen LogP contribution in [0.1, 0.15) is 25.1 Å². The molecule has 4 heterocycles. The molecule has 0 N–H and O–H groups in total. The normalized spacial score (nSPS) is 19.0. The van der Waals surface area contributed by atoms with Crippen molar-refractivity contribution < 1.29 is 8.42 Å². The van der Waals surface area contributed by atoms with Crippen molar-refractivity contribution in [3.05, 3.63) is 36.4 Å². The third-order valence-corrected chi connectivity index (χ3v) is 7.21. The maximum absolute atomic E-state index is 12.8. The van der Waals surface area contributed by atoms with Crippen LogP contribution in [0.2, 0.25) is 0 Å². The second-order valence-electron chi connectivity index (χ2n) is 7.26. The van der Waals surface area contributed by atoms with E-state index < -0.39 is 10.0 Å². The molecule has 2 aromatic rings. The molecule has 2 aliphatic heterocycles. The van der Waals surface area contributed by atoms with Gasteiger partial charge in [0.05, 0.1) is 0 Å². The van der Waals surface area contributed by atoms with Gasteiger partial charge < -0.3 is 9.80 Å². The molecule has 0 saturated carbocycles. The molecule has 0 spiro atoms. The Bertz CT molecular complexity index is 907. The van der Waals surface area contributed by atoms with Gasteiger partial charge in [-0.3, -0.25) is 4.98 Å². The number of pyridine rings is 1. The first-order chi connectivity index (χ1) is 13.5. The topological polar surface area (TPSA) is 82.5 Å². The summed E-state index contributed by atoms with van der Waals surface area (Å²) in [4.78, 5) is 17.9. The zero-order valence-electron chi connectivity index (χ0n) is 16.2. The third kappa shape index (κ3) is 3.95. The van der Waals surface area contributed by atoms with Crippen molar-refractivity contribution in [2.24, 2.45) is 0 Å². The lowest BCUT2D eigenvalue weighted by molar-refractivity contribution is 0.383. The lowest BCUT2D eigenvalue weighted by Gasteiger charge is -2.35. The Balaban J connectivity index is 1.47. The quantitative estimate of drug-likeness (QED) is 0.769. The van der Waals surface area contributed by atoms with E-state index in [4.69, 9.17) is 0 Å². The smallest absolute Gasteiger partial charge is 0.244 e. The van der Waals surface area contributed by atoms with Gasteiger partial charge in [0.2, 0.25) is 10.0 Å². The van der Waals surface area contributed by atoms with Crippen LogP contribution < -0.4 is 9.80 Å². The standard InChI is InChI=1S/C19H26N6O2S/c1-16-21-18(23-8-3-2-4-9-23)14-19(22-16)24-10-12-25(13-11-24)28(26,27)17-6-5-7-20-15-17/h5-7,14-15H,2-4,8-13H2,1H3. The fourth-order valence-corrected chi connectivity index (χ4v) is 5.18. The average Bonchev–Trinajstić information content (AvgIpc) is 2.75. The van der Waals surface area contributed by atoms with Crippen molar-refractivity contribution >= 4 is 21.7 Å². The van der Waals surface area contributed by atoms with Crippen LogP contribution in [0, 0.1) is 6.92 Å². The highest BCUT2D eigenvalue weighted by Gasteiger charge is 2.29. The van der Waals surface area contributed by atoms with Gasteiger partial charge in [-0.15, -0.1) is 0 Å². The van der Waals surface area contributed by atoms with Gasteiger partial charge in [0.1, 0.15) is 22.4 Å². The first kappa shape index (κ1) is 19.1. The first-order valence-electron chi connectivity index (χ1n) is 9.80. The zero-order valence-corrected chi connectivity index (χ0v) is 17.0. The highest BCUT2D eigenvalue weighted by Crippen LogP contribution is 2.24. The van der Waals surface area contributed by atoms with Crippen LogP contribution in [0.5, 0.6) is 0 Å². The number of piperazine rings is 1. The monoisotopic (exact) mass is 402 g/mol. The molecule has 2 aromatic heterocycles. The lowest BCUT2D eigenvalue weighted by Crippen LogP contribution is -2.49. The third-order valence-electron chi connectivity index (χ3n) is 5.33. The van der Waals surface area contributed by atoms with Gasteiger partial charge in [-0.2, -0.15) is 4.31 Å². The number of rotatable bonds is 4. The first-order valence-corrected chi connectivity index (χ1v) is 11.2. The van der Waals surface area contributed by atoms with Crippen molar-refractivity contribution in [2.75, 3.05) is 49.1 Å². The fraction of sp³-hybridized carbons (Fsp3) is 0.526. The number of hydrogen-bond acceptors (Lipinski definition) is 7. The summed E-state index contributed by atoms with van der Waals surface area (Å²) in [7, 11) is -3.50. The van der Waals surface area contributed by atoms with E-state index in [9.17, 15) is 8.42 Å². The Morgan fingerprint density at radius 2 is 1.54 bits per heavy atom. The molecule has 0 unspecified atom stereocenters. The molecular formula is C19H26N6O2S. The molecule has 0 atom stereocenters. The highest BCUT2D eigenvalue weighted by molar-refractivity contribution is 7.89. The Morgan fingerprint density at radius 3 is 2.14 bits per heavy atom. The summed E-state index contributed by atoms with van der Waals surface area (Å²) in [5.41, 5.74) is 0. The van der Waals surface area contributed by atoms with Gasteiger partial charge in [-0.05, 0) is 38.3 Å². The van der Waals surface area contributed by atoms with Crippen LogP contribution in [-0.2, 0) is 10.0 Å². The molecule has 2 fully saturated rings. The minimum absolute atomic E-state index is 0.244. The van der Waals surface area contributed by atoms with Crippen LogP contribution in [0.3, 0.4) is 0 Å². The maximum atomic E-state index is 12.8. The molecule has 4 rings (SSSR count). The van der Waals surface area contributed by atoms with E-state index in [1.54, 1.807) is 18.3 Å². The van der Waals surface area contributed by atoms with Crippen molar-refractivity contribution in [2.45, 2.75) is 31.1 Å². The number of aromatic nitrogens is 3. The molecule has 9 heteroatoms.